The summed E-state index contributed by atoms with van der Waals surface area (Å²) in [7, 11) is 2.29. The van der Waals surface area contributed by atoms with Crippen LogP contribution in [0.1, 0.15) is 65.7 Å². The van der Waals surface area contributed by atoms with Crippen molar-refractivity contribution in [1.82, 2.24) is 4.90 Å². The van der Waals surface area contributed by atoms with E-state index in [0.717, 1.165) is 24.7 Å². The van der Waals surface area contributed by atoms with Gasteiger partial charge in [0.25, 0.3) is 0 Å². The fourth-order valence-corrected chi connectivity index (χ4v) is 4.36. The molecule has 3 unspecified atom stereocenters. The molecule has 0 aromatic heterocycles. The lowest BCUT2D eigenvalue weighted by Gasteiger charge is -2.46. The first kappa shape index (κ1) is 15.3. The van der Waals surface area contributed by atoms with Gasteiger partial charge in [0, 0.05) is 12.6 Å². The van der Waals surface area contributed by atoms with Crippen LogP contribution in [0.3, 0.4) is 0 Å². The normalized spacial score (nSPS) is 34.1. The largest absolute Gasteiger partial charge is 0.393 e. The zero-order chi connectivity index (χ0) is 14.0. The van der Waals surface area contributed by atoms with Gasteiger partial charge in [-0.05, 0) is 56.4 Å². The maximum absolute atomic E-state index is 10.0. The third-order valence-corrected chi connectivity index (χ3v) is 5.49. The van der Waals surface area contributed by atoms with Gasteiger partial charge in [-0.25, -0.2) is 0 Å². The summed E-state index contributed by atoms with van der Waals surface area (Å²) in [6.07, 6.45) is 8.77. The van der Waals surface area contributed by atoms with Gasteiger partial charge in [0.2, 0.25) is 0 Å². The van der Waals surface area contributed by atoms with Crippen LogP contribution >= 0.6 is 0 Å². The molecule has 0 bridgehead atoms. The second-order valence-corrected chi connectivity index (χ2v) is 8.10. The molecule has 0 amide bonds. The van der Waals surface area contributed by atoms with Gasteiger partial charge in [-0.2, -0.15) is 0 Å². The summed E-state index contributed by atoms with van der Waals surface area (Å²) in [6, 6.07) is 0.573. The molecule has 112 valence electrons. The summed E-state index contributed by atoms with van der Waals surface area (Å²) in [5, 5.41) is 10.0. The molecule has 0 radical (unpaired) electrons. The lowest BCUT2D eigenvalue weighted by atomic mass is 9.68. The number of nitrogens with zero attached hydrogens (tertiary/aromatic N) is 1. The molecule has 2 saturated carbocycles. The standard InChI is InChI=1S/C17H33NO/c1-17(2,3)15-10-9-14(19)11-16(15)18(4)12-13-7-5-6-8-13/h13-16,19H,5-12H2,1-4H3. The predicted molar refractivity (Wildman–Crippen MR) is 81.2 cm³/mol. The van der Waals surface area contributed by atoms with Crippen molar-refractivity contribution in [3.63, 3.8) is 0 Å². The summed E-state index contributed by atoms with van der Waals surface area (Å²) in [6.45, 7) is 8.34. The van der Waals surface area contributed by atoms with Crippen LogP contribution in [0.15, 0.2) is 0 Å². The van der Waals surface area contributed by atoms with Gasteiger partial charge in [0.05, 0.1) is 6.10 Å². The molecule has 2 fully saturated rings. The molecule has 0 aromatic carbocycles. The maximum atomic E-state index is 10.0. The van der Waals surface area contributed by atoms with Crippen LogP contribution in [-0.2, 0) is 0 Å². The highest BCUT2D eigenvalue weighted by molar-refractivity contribution is 4.92. The fourth-order valence-electron chi connectivity index (χ4n) is 4.36. The minimum atomic E-state index is -0.0744. The van der Waals surface area contributed by atoms with Crippen LogP contribution in [0, 0.1) is 17.3 Å². The molecule has 3 atom stereocenters. The summed E-state index contributed by atoms with van der Waals surface area (Å²) in [5.41, 5.74) is 0.356. The zero-order valence-corrected chi connectivity index (χ0v) is 13.4. The van der Waals surface area contributed by atoms with E-state index in [1.54, 1.807) is 0 Å². The van der Waals surface area contributed by atoms with Crippen LogP contribution in [0.25, 0.3) is 0 Å². The molecule has 1 N–H and O–H groups in total. The number of hydrogen-bond donors (Lipinski definition) is 1. The predicted octanol–water partition coefficient (Wildman–Crippen LogP) is 3.68. The van der Waals surface area contributed by atoms with Crippen LogP contribution < -0.4 is 0 Å². The Balaban J connectivity index is 1.99. The lowest BCUT2D eigenvalue weighted by Crippen LogP contribution is -2.49. The summed E-state index contributed by atoms with van der Waals surface area (Å²) < 4.78 is 0. The van der Waals surface area contributed by atoms with E-state index < -0.39 is 0 Å². The molecular weight excluding hydrogens is 234 g/mol. The molecule has 0 spiro atoms. The second kappa shape index (κ2) is 6.13. The van der Waals surface area contributed by atoms with Crippen molar-refractivity contribution in [3.8, 4) is 0 Å². The van der Waals surface area contributed by atoms with Gasteiger partial charge in [-0.15, -0.1) is 0 Å². The highest BCUT2D eigenvalue weighted by atomic mass is 16.3. The Hall–Kier alpha value is -0.0800. The van der Waals surface area contributed by atoms with Gasteiger partial charge in [0.1, 0.15) is 0 Å². The summed E-state index contributed by atoms with van der Waals surface area (Å²) >= 11 is 0. The molecule has 19 heavy (non-hydrogen) atoms. The van der Waals surface area contributed by atoms with Gasteiger partial charge >= 0.3 is 0 Å². The lowest BCUT2D eigenvalue weighted by molar-refractivity contribution is -0.00656. The van der Waals surface area contributed by atoms with Gasteiger partial charge < -0.3 is 10.0 Å². The summed E-state index contributed by atoms with van der Waals surface area (Å²) in [5.74, 6) is 1.63. The Morgan fingerprint density at radius 2 is 1.68 bits per heavy atom. The molecule has 2 heteroatoms. The Bertz CT molecular complexity index is 277. The smallest absolute Gasteiger partial charge is 0.0555 e. The minimum Gasteiger partial charge on any atom is -0.393 e. The Kier molecular flexibility index (Phi) is 4.94. The topological polar surface area (TPSA) is 23.5 Å². The average Bonchev–Trinajstić information content (AvgIpc) is 2.80. The van der Waals surface area contributed by atoms with Crippen molar-refractivity contribution in [3.05, 3.63) is 0 Å². The van der Waals surface area contributed by atoms with Crippen LogP contribution in [0.4, 0.5) is 0 Å². The number of aliphatic hydroxyl groups is 1. The van der Waals surface area contributed by atoms with Crippen LogP contribution in [-0.4, -0.2) is 35.7 Å². The van der Waals surface area contributed by atoms with E-state index in [1.807, 2.05) is 0 Å². The Morgan fingerprint density at radius 1 is 1.05 bits per heavy atom. The van der Waals surface area contributed by atoms with Crippen molar-refractivity contribution in [2.24, 2.45) is 17.3 Å². The molecular formula is C17H33NO. The van der Waals surface area contributed by atoms with E-state index >= 15 is 0 Å². The van der Waals surface area contributed by atoms with Crippen molar-refractivity contribution in [1.29, 1.82) is 0 Å². The highest BCUT2D eigenvalue weighted by Crippen LogP contribution is 2.40. The third kappa shape index (κ3) is 3.95. The fraction of sp³-hybridized carbons (Fsp3) is 1.00. The minimum absolute atomic E-state index is 0.0744. The number of aliphatic hydroxyl groups excluding tert-OH is 1. The van der Waals surface area contributed by atoms with E-state index in [2.05, 4.69) is 32.7 Å². The zero-order valence-electron chi connectivity index (χ0n) is 13.4. The van der Waals surface area contributed by atoms with E-state index in [4.69, 9.17) is 0 Å². The van der Waals surface area contributed by atoms with Crippen molar-refractivity contribution in [2.45, 2.75) is 77.9 Å². The van der Waals surface area contributed by atoms with Crippen molar-refractivity contribution >= 4 is 0 Å². The molecule has 2 aliphatic rings. The monoisotopic (exact) mass is 267 g/mol. The Morgan fingerprint density at radius 3 is 2.26 bits per heavy atom. The first-order valence-corrected chi connectivity index (χ1v) is 8.26. The van der Waals surface area contributed by atoms with Crippen LogP contribution in [0.2, 0.25) is 0 Å². The van der Waals surface area contributed by atoms with E-state index in [9.17, 15) is 5.11 Å². The number of hydrogen-bond acceptors (Lipinski definition) is 2. The van der Waals surface area contributed by atoms with Crippen molar-refractivity contribution < 1.29 is 5.11 Å². The Labute approximate surface area is 119 Å². The highest BCUT2D eigenvalue weighted by Gasteiger charge is 2.39. The molecule has 2 aliphatic carbocycles. The van der Waals surface area contributed by atoms with Gasteiger partial charge in [-0.1, -0.05) is 33.6 Å². The van der Waals surface area contributed by atoms with Gasteiger partial charge in [0.15, 0.2) is 0 Å². The molecule has 2 rings (SSSR count). The molecule has 0 aromatic rings. The van der Waals surface area contributed by atoms with Crippen LogP contribution in [0.5, 0.6) is 0 Å². The van der Waals surface area contributed by atoms with Gasteiger partial charge in [-0.3, -0.25) is 0 Å². The average molecular weight is 267 g/mol. The first-order chi connectivity index (χ1) is 8.88. The second-order valence-electron chi connectivity index (χ2n) is 8.10. The quantitative estimate of drug-likeness (QED) is 0.843. The van der Waals surface area contributed by atoms with E-state index in [0.29, 0.717) is 11.5 Å². The van der Waals surface area contributed by atoms with Crippen molar-refractivity contribution in [2.75, 3.05) is 13.6 Å². The SMILES string of the molecule is CN(CC1CCCC1)C1CC(O)CCC1C(C)(C)C. The molecule has 0 aliphatic heterocycles. The first-order valence-electron chi connectivity index (χ1n) is 8.26. The van der Waals surface area contributed by atoms with E-state index in [-0.39, 0.29) is 6.10 Å². The number of rotatable bonds is 3. The third-order valence-electron chi connectivity index (χ3n) is 5.49. The molecule has 0 saturated heterocycles. The maximum Gasteiger partial charge on any atom is 0.0555 e. The van der Waals surface area contributed by atoms with E-state index in [1.165, 1.54) is 38.6 Å². The molecule has 2 nitrogen and oxygen atoms in total. The summed E-state index contributed by atoms with van der Waals surface area (Å²) in [4.78, 5) is 2.58. The molecule has 0 heterocycles.